The highest BCUT2D eigenvalue weighted by Gasteiger charge is 2.11. The summed E-state index contributed by atoms with van der Waals surface area (Å²) in [5.74, 6) is 0.0641. The van der Waals surface area contributed by atoms with Crippen LogP contribution in [0.5, 0.6) is 11.6 Å². The van der Waals surface area contributed by atoms with Gasteiger partial charge >= 0.3 is 0 Å². The second-order valence-electron chi connectivity index (χ2n) is 5.49. The second-order valence-corrected chi connectivity index (χ2v) is 6.43. The van der Waals surface area contributed by atoms with E-state index in [-0.39, 0.29) is 11.3 Å². The molecule has 0 N–H and O–H groups in total. The van der Waals surface area contributed by atoms with Crippen LogP contribution in [0.4, 0.5) is 8.78 Å². The summed E-state index contributed by atoms with van der Waals surface area (Å²) in [6, 6.07) is 13.2. The molecule has 0 saturated heterocycles. The standard InChI is InChI=1S/C19H16F2N2OS/c1-12-6-3-4-9-17(12)24-18-10-13(2)22-19(23-18)25-11-14-15(20)7-5-8-16(14)21/h3-10H,11H2,1-2H3. The Labute approximate surface area is 149 Å². The van der Waals surface area contributed by atoms with Crippen molar-refractivity contribution in [2.24, 2.45) is 0 Å². The van der Waals surface area contributed by atoms with Crippen LogP contribution in [-0.4, -0.2) is 9.97 Å². The van der Waals surface area contributed by atoms with Gasteiger partial charge in [-0.3, -0.25) is 0 Å². The molecule has 1 aromatic heterocycles. The van der Waals surface area contributed by atoms with E-state index in [2.05, 4.69) is 9.97 Å². The Hall–Kier alpha value is -2.47. The Balaban J connectivity index is 1.79. The van der Waals surface area contributed by atoms with Gasteiger partial charge in [0.2, 0.25) is 5.88 Å². The third kappa shape index (κ3) is 4.33. The topological polar surface area (TPSA) is 35.0 Å². The summed E-state index contributed by atoms with van der Waals surface area (Å²) >= 11 is 1.16. The molecule has 0 aliphatic rings. The summed E-state index contributed by atoms with van der Waals surface area (Å²) in [4.78, 5) is 8.63. The molecule has 3 aromatic rings. The zero-order valence-corrected chi connectivity index (χ0v) is 14.6. The molecule has 25 heavy (non-hydrogen) atoms. The third-order valence-corrected chi connectivity index (χ3v) is 4.40. The van der Waals surface area contributed by atoms with Crippen LogP contribution in [-0.2, 0) is 5.75 Å². The number of aryl methyl sites for hydroxylation is 2. The smallest absolute Gasteiger partial charge is 0.223 e. The van der Waals surface area contributed by atoms with Crippen molar-refractivity contribution in [3.63, 3.8) is 0 Å². The summed E-state index contributed by atoms with van der Waals surface area (Å²) in [6.07, 6.45) is 0. The molecule has 0 radical (unpaired) electrons. The normalized spacial score (nSPS) is 10.7. The van der Waals surface area contributed by atoms with E-state index in [0.717, 1.165) is 23.0 Å². The lowest BCUT2D eigenvalue weighted by atomic mass is 10.2. The highest BCUT2D eigenvalue weighted by molar-refractivity contribution is 7.98. The van der Waals surface area contributed by atoms with Crippen LogP contribution in [0, 0.1) is 25.5 Å². The monoisotopic (exact) mass is 358 g/mol. The molecule has 0 unspecified atom stereocenters. The summed E-state index contributed by atoms with van der Waals surface area (Å²) < 4.78 is 33.3. The molecule has 0 saturated carbocycles. The lowest BCUT2D eigenvalue weighted by molar-refractivity contribution is 0.451. The number of benzene rings is 2. The van der Waals surface area contributed by atoms with Crippen molar-refractivity contribution in [1.82, 2.24) is 9.97 Å². The van der Waals surface area contributed by atoms with Crippen LogP contribution in [0.25, 0.3) is 0 Å². The van der Waals surface area contributed by atoms with E-state index in [0.29, 0.717) is 16.8 Å². The minimum absolute atomic E-state index is 0.0129. The molecule has 0 amide bonds. The van der Waals surface area contributed by atoms with Crippen molar-refractivity contribution < 1.29 is 13.5 Å². The van der Waals surface area contributed by atoms with Gasteiger partial charge in [-0.15, -0.1) is 0 Å². The molecule has 0 aliphatic heterocycles. The number of ether oxygens (including phenoxy) is 1. The number of nitrogens with zero attached hydrogens (tertiary/aromatic N) is 2. The third-order valence-electron chi connectivity index (χ3n) is 3.53. The van der Waals surface area contributed by atoms with Crippen LogP contribution >= 0.6 is 11.8 Å². The average Bonchev–Trinajstić information content (AvgIpc) is 2.56. The Bertz CT molecular complexity index is 882. The van der Waals surface area contributed by atoms with Gasteiger partial charge in [-0.25, -0.2) is 13.8 Å². The van der Waals surface area contributed by atoms with Crippen LogP contribution in [0.3, 0.4) is 0 Å². The quantitative estimate of drug-likeness (QED) is 0.448. The zero-order valence-electron chi connectivity index (χ0n) is 13.8. The van der Waals surface area contributed by atoms with E-state index in [1.165, 1.54) is 18.2 Å². The molecule has 1 heterocycles. The van der Waals surface area contributed by atoms with Crippen molar-refractivity contribution in [3.05, 3.63) is 77.0 Å². The molecule has 0 atom stereocenters. The highest BCUT2D eigenvalue weighted by Crippen LogP contribution is 2.28. The van der Waals surface area contributed by atoms with E-state index >= 15 is 0 Å². The Morgan fingerprint density at radius 1 is 0.960 bits per heavy atom. The predicted molar refractivity (Wildman–Crippen MR) is 93.9 cm³/mol. The van der Waals surface area contributed by atoms with Gasteiger partial charge in [-0.2, -0.15) is 4.98 Å². The fourth-order valence-corrected chi connectivity index (χ4v) is 3.13. The number of para-hydroxylation sites is 1. The van der Waals surface area contributed by atoms with E-state index < -0.39 is 11.6 Å². The Morgan fingerprint density at radius 2 is 1.68 bits per heavy atom. The Morgan fingerprint density at radius 3 is 2.40 bits per heavy atom. The SMILES string of the molecule is Cc1cc(Oc2ccccc2C)nc(SCc2c(F)cccc2F)n1. The highest BCUT2D eigenvalue weighted by atomic mass is 32.2. The lowest BCUT2D eigenvalue weighted by Crippen LogP contribution is -1.98. The molecule has 2 aromatic carbocycles. The summed E-state index contributed by atoms with van der Waals surface area (Å²) in [6.45, 7) is 3.76. The van der Waals surface area contributed by atoms with Crippen molar-refractivity contribution in [3.8, 4) is 11.6 Å². The Kier molecular flexibility index (Phi) is 5.28. The fraction of sp³-hybridized carbons (Fsp3) is 0.158. The van der Waals surface area contributed by atoms with Crippen LogP contribution < -0.4 is 4.74 Å². The molecule has 0 fully saturated rings. The lowest BCUT2D eigenvalue weighted by Gasteiger charge is -2.10. The van der Waals surface area contributed by atoms with Gasteiger partial charge < -0.3 is 4.74 Å². The summed E-state index contributed by atoms with van der Waals surface area (Å²) in [7, 11) is 0. The van der Waals surface area contributed by atoms with Gasteiger partial charge in [0.15, 0.2) is 5.16 Å². The van der Waals surface area contributed by atoms with E-state index in [1.807, 2.05) is 38.1 Å². The first-order valence-corrected chi connectivity index (χ1v) is 8.66. The van der Waals surface area contributed by atoms with Gasteiger partial charge in [-0.05, 0) is 37.6 Å². The minimum atomic E-state index is -0.573. The molecule has 0 aliphatic carbocycles. The maximum Gasteiger partial charge on any atom is 0.223 e. The van der Waals surface area contributed by atoms with E-state index in [1.54, 1.807) is 6.07 Å². The second kappa shape index (κ2) is 7.61. The molecule has 0 bridgehead atoms. The maximum atomic E-state index is 13.7. The van der Waals surface area contributed by atoms with Crippen LogP contribution in [0.1, 0.15) is 16.8 Å². The molecule has 0 spiro atoms. The van der Waals surface area contributed by atoms with Gasteiger partial charge in [0.1, 0.15) is 17.4 Å². The van der Waals surface area contributed by atoms with E-state index in [4.69, 9.17) is 4.74 Å². The van der Waals surface area contributed by atoms with Crippen LogP contribution in [0.15, 0.2) is 53.7 Å². The first kappa shape index (κ1) is 17.4. The molecular formula is C19H16F2N2OS. The van der Waals surface area contributed by atoms with E-state index in [9.17, 15) is 8.78 Å². The van der Waals surface area contributed by atoms with Crippen molar-refractivity contribution in [2.75, 3.05) is 0 Å². The number of hydrogen-bond donors (Lipinski definition) is 0. The van der Waals surface area contributed by atoms with Crippen molar-refractivity contribution in [2.45, 2.75) is 24.8 Å². The molecule has 128 valence electrons. The molecular weight excluding hydrogens is 342 g/mol. The first-order valence-electron chi connectivity index (χ1n) is 7.68. The summed E-state index contributed by atoms with van der Waals surface area (Å²) in [5, 5.41) is 0.409. The maximum absolute atomic E-state index is 13.7. The predicted octanol–water partition coefficient (Wildman–Crippen LogP) is 5.46. The average molecular weight is 358 g/mol. The minimum Gasteiger partial charge on any atom is -0.439 e. The number of aromatic nitrogens is 2. The molecule has 6 heteroatoms. The molecule has 3 rings (SSSR count). The molecule has 3 nitrogen and oxygen atoms in total. The van der Waals surface area contributed by atoms with Crippen molar-refractivity contribution >= 4 is 11.8 Å². The van der Waals surface area contributed by atoms with Gasteiger partial charge in [0.25, 0.3) is 0 Å². The fourth-order valence-electron chi connectivity index (χ4n) is 2.22. The zero-order chi connectivity index (χ0) is 17.8. The number of halogens is 2. The number of thioether (sulfide) groups is 1. The largest absolute Gasteiger partial charge is 0.439 e. The van der Waals surface area contributed by atoms with Gasteiger partial charge in [0, 0.05) is 23.1 Å². The van der Waals surface area contributed by atoms with Gasteiger partial charge in [0.05, 0.1) is 0 Å². The van der Waals surface area contributed by atoms with Crippen molar-refractivity contribution in [1.29, 1.82) is 0 Å². The number of rotatable bonds is 5. The summed E-state index contributed by atoms with van der Waals surface area (Å²) in [5.41, 5.74) is 1.72. The first-order chi connectivity index (χ1) is 12.0. The van der Waals surface area contributed by atoms with Crippen LogP contribution in [0.2, 0.25) is 0 Å². The van der Waals surface area contributed by atoms with Gasteiger partial charge in [-0.1, -0.05) is 36.0 Å². The number of hydrogen-bond acceptors (Lipinski definition) is 4.